The number of anilines is 1. The van der Waals surface area contributed by atoms with Crippen molar-refractivity contribution in [2.45, 2.75) is 19.3 Å². The highest BCUT2D eigenvalue weighted by Crippen LogP contribution is 2.10. The van der Waals surface area contributed by atoms with Crippen LogP contribution in [0.25, 0.3) is 0 Å². The Kier molecular flexibility index (Phi) is 6.61. The molecular formula is C14H13BrN2O. The SMILES string of the molecule is N#CC#Cc1ccc(NC(=O)CCCCBr)cc1. The Balaban J connectivity index is 2.48. The number of nitriles is 1. The lowest BCUT2D eigenvalue weighted by atomic mass is 10.2. The van der Waals surface area contributed by atoms with E-state index in [1.54, 1.807) is 30.3 Å². The van der Waals surface area contributed by atoms with Gasteiger partial charge in [0.05, 0.1) is 0 Å². The van der Waals surface area contributed by atoms with E-state index in [0.717, 1.165) is 29.4 Å². The molecule has 0 aliphatic heterocycles. The first kappa shape index (κ1) is 14.3. The van der Waals surface area contributed by atoms with Crippen molar-refractivity contribution in [3.63, 3.8) is 0 Å². The van der Waals surface area contributed by atoms with Crippen molar-refractivity contribution < 1.29 is 4.79 Å². The Labute approximate surface area is 115 Å². The van der Waals surface area contributed by atoms with Gasteiger partial charge in [-0.3, -0.25) is 4.79 Å². The molecule has 0 atom stereocenters. The van der Waals surface area contributed by atoms with Gasteiger partial charge in [-0.2, -0.15) is 5.26 Å². The lowest BCUT2D eigenvalue weighted by molar-refractivity contribution is -0.116. The van der Waals surface area contributed by atoms with Gasteiger partial charge in [-0.25, -0.2) is 0 Å². The standard InChI is InChI=1S/C14H13BrN2O/c15-10-2-1-5-14(18)17-13-8-6-12(7-9-13)4-3-11-16/h6-9H,1-2,5,10H2,(H,17,18). The molecule has 0 bridgehead atoms. The molecule has 0 fully saturated rings. The van der Waals surface area contributed by atoms with Crippen LogP contribution in [0.1, 0.15) is 24.8 Å². The Morgan fingerprint density at radius 1 is 1.28 bits per heavy atom. The van der Waals surface area contributed by atoms with Crippen molar-refractivity contribution in [1.82, 2.24) is 0 Å². The second kappa shape index (κ2) is 8.33. The highest BCUT2D eigenvalue weighted by atomic mass is 79.9. The van der Waals surface area contributed by atoms with E-state index in [9.17, 15) is 4.79 Å². The van der Waals surface area contributed by atoms with Crippen LogP contribution in [0.2, 0.25) is 0 Å². The molecule has 0 saturated carbocycles. The summed E-state index contributed by atoms with van der Waals surface area (Å²) in [6.07, 6.45) is 2.40. The molecule has 1 amide bonds. The largest absolute Gasteiger partial charge is 0.326 e. The van der Waals surface area contributed by atoms with E-state index < -0.39 is 0 Å². The molecule has 1 aromatic carbocycles. The first-order chi connectivity index (χ1) is 8.76. The fraction of sp³-hybridized carbons (Fsp3) is 0.286. The Bertz CT molecular complexity index is 491. The van der Waals surface area contributed by atoms with E-state index in [1.807, 2.05) is 0 Å². The van der Waals surface area contributed by atoms with Crippen LogP contribution in [-0.2, 0) is 4.79 Å². The van der Waals surface area contributed by atoms with Crippen molar-refractivity contribution in [2.24, 2.45) is 0 Å². The predicted molar refractivity (Wildman–Crippen MR) is 75.2 cm³/mol. The summed E-state index contributed by atoms with van der Waals surface area (Å²) < 4.78 is 0. The number of carbonyl (C=O) groups excluding carboxylic acids is 1. The average Bonchev–Trinajstić information content (AvgIpc) is 2.38. The van der Waals surface area contributed by atoms with Gasteiger partial charge in [0, 0.05) is 28.9 Å². The maximum Gasteiger partial charge on any atom is 0.224 e. The molecule has 0 spiro atoms. The summed E-state index contributed by atoms with van der Waals surface area (Å²) in [4.78, 5) is 11.5. The van der Waals surface area contributed by atoms with Gasteiger partial charge in [0.25, 0.3) is 0 Å². The van der Waals surface area contributed by atoms with Gasteiger partial charge in [0.2, 0.25) is 5.91 Å². The van der Waals surface area contributed by atoms with Gasteiger partial charge < -0.3 is 5.32 Å². The summed E-state index contributed by atoms with van der Waals surface area (Å²) in [6.45, 7) is 0. The minimum Gasteiger partial charge on any atom is -0.326 e. The van der Waals surface area contributed by atoms with E-state index in [4.69, 9.17) is 5.26 Å². The summed E-state index contributed by atoms with van der Waals surface area (Å²) in [5, 5.41) is 12.1. The minimum atomic E-state index is 0.0202. The van der Waals surface area contributed by atoms with Crippen LogP contribution in [-0.4, -0.2) is 11.2 Å². The van der Waals surface area contributed by atoms with E-state index in [1.165, 1.54) is 0 Å². The molecule has 92 valence electrons. The van der Waals surface area contributed by atoms with Crippen LogP contribution in [0.4, 0.5) is 5.69 Å². The number of carbonyl (C=O) groups is 1. The molecular weight excluding hydrogens is 292 g/mol. The molecule has 18 heavy (non-hydrogen) atoms. The van der Waals surface area contributed by atoms with Gasteiger partial charge in [0.15, 0.2) is 6.07 Å². The molecule has 0 radical (unpaired) electrons. The number of benzene rings is 1. The molecule has 0 unspecified atom stereocenters. The van der Waals surface area contributed by atoms with Gasteiger partial charge in [-0.15, -0.1) is 0 Å². The molecule has 0 saturated heterocycles. The third kappa shape index (κ3) is 5.52. The van der Waals surface area contributed by atoms with Crippen LogP contribution in [0.3, 0.4) is 0 Å². The monoisotopic (exact) mass is 304 g/mol. The zero-order valence-corrected chi connectivity index (χ0v) is 11.5. The summed E-state index contributed by atoms with van der Waals surface area (Å²) in [5.41, 5.74) is 1.51. The zero-order chi connectivity index (χ0) is 13.2. The van der Waals surface area contributed by atoms with Crippen molar-refractivity contribution in [1.29, 1.82) is 5.26 Å². The molecule has 3 nitrogen and oxygen atoms in total. The number of rotatable bonds is 5. The Morgan fingerprint density at radius 3 is 2.61 bits per heavy atom. The van der Waals surface area contributed by atoms with Gasteiger partial charge in [-0.1, -0.05) is 21.9 Å². The van der Waals surface area contributed by atoms with Crippen molar-refractivity contribution in [3.05, 3.63) is 29.8 Å². The van der Waals surface area contributed by atoms with E-state index in [0.29, 0.717) is 6.42 Å². The highest BCUT2D eigenvalue weighted by Gasteiger charge is 2.01. The highest BCUT2D eigenvalue weighted by molar-refractivity contribution is 9.09. The normalized spacial score (nSPS) is 8.89. The van der Waals surface area contributed by atoms with Crippen molar-refractivity contribution >= 4 is 27.5 Å². The maximum absolute atomic E-state index is 11.5. The Hall–Kier alpha value is -1.78. The van der Waals surface area contributed by atoms with Crippen LogP contribution < -0.4 is 5.32 Å². The molecule has 0 aromatic heterocycles. The zero-order valence-electron chi connectivity index (χ0n) is 9.87. The number of nitrogens with one attached hydrogen (secondary N) is 1. The number of alkyl halides is 1. The van der Waals surface area contributed by atoms with Gasteiger partial charge in [-0.05, 0) is 37.1 Å². The quantitative estimate of drug-likeness (QED) is 0.516. The van der Waals surface area contributed by atoms with Crippen molar-refractivity contribution in [3.8, 4) is 17.9 Å². The third-order valence-corrected chi connectivity index (χ3v) is 2.78. The number of hydrogen-bond donors (Lipinski definition) is 1. The Morgan fingerprint density at radius 2 is 2.00 bits per heavy atom. The summed E-state index contributed by atoms with van der Waals surface area (Å²) in [6, 6.07) is 8.87. The maximum atomic E-state index is 11.5. The van der Waals surface area contributed by atoms with Crippen LogP contribution in [0.5, 0.6) is 0 Å². The third-order valence-electron chi connectivity index (χ3n) is 2.22. The molecule has 4 heteroatoms. The van der Waals surface area contributed by atoms with Crippen LogP contribution in [0, 0.1) is 23.2 Å². The second-order valence-corrected chi connectivity index (χ2v) is 4.43. The molecule has 1 aromatic rings. The molecule has 0 aliphatic rings. The number of amides is 1. The number of unbranched alkanes of at least 4 members (excludes halogenated alkanes) is 1. The lowest BCUT2D eigenvalue weighted by Gasteiger charge is -2.04. The lowest BCUT2D eigenvalue weighted by Crippen LogP contribution is -2.10. The van der Waals surface area contributed by atoms with Crippen LogP contribution >= 0.6 is 15.9 Å². The molecule has 0 heterocycles. The van der Waals surface area contributed by atoms with Crippen molar-refractivity contribution in [2.75, 3.05) is 10.6 Å². The predicted octanol–water partition coefficient (Wildman–Crippen LogP) is 3.07. The van der Waals surface area contributed by atoms with Crippen LogP contribution in [0.15, 0.2) is 24.3 Å². The van der Waals surface area contributed by atoms with E-state index in [2.05, 4.69) is 33.1 Å². The molecule has 0 aliphatic carbocycles. The summed E-state index contributed by atoms with van der Waals surface area (Å²) in [5.74, 6) is 5.03. The average molecular weight is 305 g/mol. The molecule has 1 N–H and O–H groups in total. The fourth-order valence-corrected chi connectivity index (χ4v) is 1.74. The first-order valence-electron chi connectivity index (χ1n) is 5.62. The summed E-state index contributed by atoms with van der Waals surface area (Å²) in [7, 11) is 0. The number of hydrogen-bond acceptors (Lipinski definition) is 2. The topological polar surface area (TPSA) is 52.9 Å². The second-order valence-electron chi connectivity index (χ2n) is 3.63. The number of halogens is 1. The smallest absolute Gasteiger partial charge is 0.224 e. The first-order valence-corrected chi connectivity index (χ1v) is 6.74. The van der Waals surface area contributed by atoms with Gasteiger partial charge >= 0.3 is 0 Å². The minimum absolute atomic E-state index is 0.0202. The number of nitrogens with zero attached hydrogens (tertiary/aromatic N) is 1. The summed E-state index contributed by atoms with van der Waals surface area (Å²) >= 11 is 3.33. The van der Waals surface area contributed by atoms with Gasteiger partial charge in [0.1, 0.15) is 0 Å². The van der Waals surface area contributed by atoms with E-state index >= 15 is 0 Å². The van der Waals surface area contributed by atoms with E-state index in [-0.39, 0.29) is 5.91 Å². The molecule has 1 rings (SSSR count). The fourth-order valence-electron chi connectivity index (χ4n) is 1.34.